The predicted octanol–water partition coefficient (Wildman–Crippen LogP) is 4.57. The molecular weight excluding hydrogens is 242 g/mol. The van der Waals surface area contributed by atoms with Gasteiger partial charge in [0.05, 0.1) is 0 Å². The van der Waals surface area contributed by atoms with Crippen LogP contribution in [0.15, 0.2) is 72.8 Å². The highest BCUT2D eigenvalue weighted by atomic mass is 15.0. The number of para-hydroxylation sites is 1. The van der Waals surface area contributed by atoms with E-state index in [-0.39, 0.29) is 0 Å². The van der Waals surface area contributed by atoms with Crippen molar-refractivity contribution >= 4 is 0 Å². The molecule has 0 unspecified atom stereocenters. The maximum Gasteiger partial charge on any atom is 0.0455 e. The maximum absolute atomic E-state index is 2.35. The second-order valence-electron chi connectivity index (χ2n) is 5.12. The lowest BCUT2D eigenvalue weighted by Gasteiger charge is -2.12. The fourth-order valence-corrected chi connectivity index (χ4v) is 2.65. The van der Waals surface area contributed by atoms with E-state index in [1.807, 2.05) is 0 Å². The molecule has 1 heteroatoms. The number of nitrogens with zero attached hydrogens (tertiary/aromatic N) is 1. The van der Waals surface area contributed by atoms with Gasteiger partial charge >= 0.3 is 0 Å². The van der Waals surface area contributed by atoms with Gasteiger partial charge in [-0.25, -0.2) is 0 Å². The summed E-state index contributed by atoms with van der Waals surface area (Å²) in [6.07, 6.45) is 2.14. The van der Waals surface area contributed by atoms with E-state index in [4.69, 9.17) is 0 Å². The largest absolute Gasteiger partial charge is 0.318 e. The molecule has 1 aromatic heterocycles. The Morgan fingerprint density at radius 1 is 0.700 bits per heavy atom. The third-order valence-corrected chi connectivity index (χ3v) is 3.68. The number of aromatic nitrogens is 1. The zero-order chi connectivity index (χ0) is 13.8. The summed E-state index contributed by atoms with van der Waals surface area (Å²) in [7, 11) is 0. The lowest BCUT2D eigenvalue weighted by molar-refractivity contribution is 0.849. The molecule has 0 amide bonds. The summed E-state index contributed by atoms with van der Waals surface area (Å²) in [6.45, 7) is 2.17. The Labute approximate surface area is 120 Å². The van der Waals surface area contributed by atoms with Crippen molar-refractivity contribution in [3.8, 4) is 5.69 Å². The van der Waals surface area contributed by atoms with Crippen molar-refractivity contribution in [2.24, 2.45) is 0 Å². The van der Waals surface area contributed by atoms with Gasteiger partial charge in [-0.1, -0.05) is 48.5 Å². The van der Waals surface area contributed by atoms with Crippen LogP contribution in [0, 0.1) is 6.92 Å². The Morgan fingerprint density at radius 3 is 2.05 bits per heavy atom. The number of hydrogen-bond donors (Lipinski definition) is 0. The average molecular weight is 261 g/mol. The summed E-state index contributed by atoms with van der Waals surface area (Å²) in [5, 5.41) is 0. The number of rotatable bonds is 4. The van der Waals surface area contributed by atoms with Gasteiger partial charge in [-0.15, -0.1) is 0 Å². The van der Waals surface area contributed by atoms with Crippen LogP contribution in [0.4, 0.5) is 0 Å². The van der Waals surface area contributed by atoms with Crippen LogP contribution >= 0.6 is 0 Å². The molecule has 3 aromatic rings. The zero-order valence-corrected chi connectivity index (χ0v) is 11.8. The second kappa shape index (κ2) is 5.79. The molecule has 0 aliphatic rings. The van der Waals surface area contributed by atoms with Crippen LogP contribution in [0.5, 0.6) is 0 Å². The lowest BCUT2D eigenvalue weighted by atomic mass is 10.1. The first-order valence-corrected chi connectivity index (χ1v) is 7.11. The molecule has 0 bridgehead atoms. The van der Waals surface area contributed by atoms with E-state index in [2.05, 4.69) is 84.3 Å². The second-order valence-corrected chi connectivity index (χ2v) is 5.12. The molecule has 0 fully saturated rings. The Morgan fingerprint density at radius 2 is 1.35 bits per heavy atom. The highest BCUT2D eigenvalue weighted by molar-refractivity contribution is 5.38. The molecule has 1 heterocycles. The van der Waals surface area contributed by atoms with E-state index in [9.17, 15) is 0 Å². The van der Waals surface area contributed by atoms with Crippen LogP contribution < -0.4 is 0 Å². The molecule has 0 aliphatic carbocycles. The van der Waals surface area contributed by atoms with Crippen LogP contribution in [0.2, 0.25) is 0 Å². The Hall–Kier alpha value is -2.28. The molecule has 0 aliphatic heterocycles. The minimum absolute atomic E-state index is 1.06. The van der Waals surface area contributed by atoms with Gasteiger partial charge in [-0.3, -0.25) is 0 Å². The maximum atomic E-state index is 2.35. The van der Waals surface area contributed by atoms with E-state index in [1.165, 1.54) is 22.6 Å². The molecule has 20 heavy (non-hydrogen) atoms. The predicted molar refractivity (Wildman–Crippen MR) is 84.4 cm³/mol. The van der Waals surface area contributed by atoms with Crippen molar-refractivity contribution in [3.63, 3.8) is 0 Å². The highest BCUT2D eigenvalue weighted by Crippen LogP contribution is 2.18. The van der Waals surface area contributed by atoms with E-state index >= 15 is 0 Å². The Balaban J connectivity index is 1.85. The molecule has 0 spiro atoms. The van der Waals surface area contributed by atoms with Gasteiger partial charge in [0.2, 0.25) is 0 Å². The molecule has 0 saturated carbocycles. The van der Waals surface area contributed by atoms with Gasteiger partial charge in [-0.05, 0) is 49.6 Å². The van der Waals surface area contributed by atoms with Crippen LogP contribution in [0.25, 0.3) is 5.69 Å². The molecule has 1 nitrogen and oxygen atoms in total. The zero-order valence-electron chi connectivity index (χ0n) is 11.8. The third-order valence-electron chi connectivity index (χ3n) is 3.68. The minimum atomic E-state index is 1.06. The smallest absolute Gasteiger partial charge is 0.0455 e. The van der Waals surface area contributed by atoms with E-state index in [0.717, 1.165) is 12.8 Å². The molecule has 0 N–H and O–H groups in total. The average Bonchev–Trinajstić information content (AvgIpc) is 2.88. The first-order chi connectivity index (χ1) is 9.84. The van der Waals surface area contributed by atoms with E-state index in [0.29, 0.717) is 0 Å². The summed E-state index contributed by atoms with van der Waals surface area (Å²) >= 11 is 0. The van der Waals surface area contributed by atoms with Gasteiger partial charge in [0.1, 0.15) is 0 Å². The molecular formula is C19H19N. The van der Waals surface area contributed by atoms with E-state index < -0.39 is 0 Å². The monoisotopic (exact) mass is 261 g/mol. The van der Waals surface area contributed by atoms with Gasteiger partial charge in [0.15, 0.2) is 0 Å². The van der Waals surface area contributed by atoms with Crippen LogP contribution in [0.1, 0.15) is 17.0 Å². The summed E-state index contributed by atoms with van der Waals surface area (Å²) < 4.78 is 2.35. The summed E-state index contributed by atoms with van der Waals surface area (Å²) in [5.74, 6) is 0. The fraction of sp³-hybridized carbons (Fsp3) is 0.158. The molecule has 3 rings (SSSR count). The topological polar surface area (TPSA) is 4.93 Å². The molecule has 0 radical (unpaired) electrons. The quantitative estimate of drug-likeness (QED) is 0.648. The Kier molecular flexibility index (Phi) is 3.69. The van der Waals surface area contributed by atoms with Gasteiger partial charge < -0.3 is 4.57 Å². The standard InChI is InChI=1S/C19H19N/c1-16-12-14-19(15-13-17-8-4-2-5-9-17)20(16)18-10-6-3-7-11-18/h2-12,14H,13,15H2,1H3. The fourth-order valence-electron chi connectivity index (χ4n) is 2.65. The lowest BCUT2D eigenvalue weighted by Crippen LogP contribution is -2.03. The molecule has 0 atom stereocenters. The van der Waals surface area contributed by atoms with Crippen molar-refractivity contribution in [2.75, 3.05) is 0 Å². The normalized spacial score (nSPS) is 10.7. The van der Waals surface area contributed by atoms with Crippen molar-refractivity contribution < 1.29 is 0 Å². The minimum Gasteiger partial charge on any atom is -0.318 e. The summed E-state index contributed by atoms with van der Waals surface area (Å²) in [5.41, 5.74) is 5.31. The molecule has 2 aromatic carbocycles. The molecule has 100 valence electrons. The van der Waals surface area contributed by atoms with E-state index in [1.54, 1.807) is 0 Å². The number of benzene rings is 2. The van der Waals surface area contributed by atoms with Crippen LogP contribution in [-0.2, 0) is 12.8 Å². The third kappa shape index (κ3) is 2.67. The summed E-state index contributed by atoms with van der Waals surface area (Å²) in [6, 6.07) is 25.7. The summed E-state index contributed by atoms with van der Waals surface area (Å²) in [4.78, 5) is 0. The SMILES string of the molecule is Cc1ccc(CCc2ccccc2)n1-c1ccccc1. The van der Waals surface area contributed by atoms with Crippen molar-refractivity contribution in [2.45, 2.75) is 19.8 Å². The number of aryl methyl sites for hydroxylation is 3. The highest BCUT2D eigenvalue weighted by Gasteiger charge is 2.07. The van der Waals surface area contributed by atoms with Crippen molar-refractivity contribution in [1.82, 2.24) is 4.57 Å². The first-order valence-electron chi connectivity index (χ1n) is 7.11. The molecule has 0 saturated heterocycles. The van der Waals surface area contributed by atoms with Crippen LogP contribution in [-0.4, -0.2) is 4.57 Å². The van der Waals surface area contributed by atoms with Crippen LogP contribution in [0.3, 0.4) is 0 Å². The van der Waals surface area contributed by atoms with Gasteiger partial charge in [0.25, 0.3) is 0 Å². The van der Waals surface area contributed by atoms with Gasteiger partial charge in [0, 0.05) is 17.1 Å². The van der Waals surface area contributed by atoms with Crippen molar-refractivity contribution in [3.05, 3.63) is 89.7 Å². The Bertz CT molecular complexity index is 666. The van der Waals surface area contributed by atoms with Gasteiger partial charge in [-0.2, -0.15) is 0 Å². The van der Waals surface area contributed by atoms with Crippen molar-refractivity contribution in [1.29, 1.82) is 0 Å². The first kappa shape index (κ1) is 12.7. The number of hydrogen-bond acceptors (Lipinski definition) is 0.